The van der Waals surface area contributed by atoms with E-state index in [-0.39, 0.29) is 12.8 Å². The average molecular weight is 818 g/mol. The number of carbonyl (C=O) groups excluding carboxylic acids is 2. The molecule has 0 heterocycles. The van der Waals surface area contributed by atoms with Crippen LogP contribution >= 0.6 is 7.82 Å². The van der Waals surface area contributed by atoms with Crippen molar-refractivity contribution in [3.8, 4) is 0 Å². The van der Waals surface area contributed by atoms with Gasteiger partial charge in [-0.1, -0.05) is 180 Å². The molecule has 0 aromatic carbocycles. The molecule has 0 saturated carbocycles. The molecule has 11 nitrogen and oxygen atoms in total. The second kappa shape index (κ2) is 40.0. The van der Waals surface area contributed by atoms with Gasteiger partial charge in [0.2, 0.25) is 5.91 Å². The highest BCUT2D eigenvalue weighted by molar-refractivity contribution is 7.47. The van der Waals surface area contributed by atoms with Crippen molar-refractivity contribution in [2.45, 2.75) is 231 Å². The zero-order valence-electron chi connectivity index (χ0n) is 35.7. The van der Waals surface area contributed by atoms with E-state index in [0.717, 1.165) is 38.5 Å². The minimum absolute atomic E-state index is 0.147. The summed E-state index contributed by atoms with van der Waals surface area (Å²) in [5.74, 6) is -2.36. The Morgan fingerprint density at radius 1 is 0.554 bits per heavy atom. The molecule has 3 atom stereocenters. The Morgan fingerprint density at radius 2 is 0.929 bits per heavy atom. The smallest absolute Gasteiger partial charge is 0.472 e. The van der Waals surface area contributed by atoms with Crippen LogP contribution in [-0.2, 0) is 32.7 Å². The molecule has 0 aromatic rings. The maximum atomic E-state index is 12.3. The van der Waals surface area contributed by atoms with Crippen molar-refractivity contribution < 1.29 is 47.8 Å². The van der Waals surface area contributed by atoms with Crippen LogP contribution in [0.1, 0.15) is 219 Å². The summed E-state index contributed by atoms with van der Waals surface area (Å²) in [6.07, 6.45) is 39.4. The Balaban J connectivity index is 3.87. The molecule has 1 amide bonds. The van der Waals surface area contributed by atoms with E-state index < -0.39 is 57.6 Å². The number of ether oxygens (including phenoxy) is 1. The van der Waals surface area contributed by atoms with Gasteiger partial charge in [-0.25, -0.2) is 9.36 Å². The molecule has 4 N–H and O–H groups in total. The summed E-state index contributed by atoms with van der Waals surface area (Å²) < 4.78 is 26.8. The van der Waals surface area contributed by atoms with Crippen LogP contribution in [0.15, 0.2) is 12.2 Å². The number of esters is 1. The van der Waals surface area contributed by atoms with Gasteiger partial charge in [0.15, 0.2) is 6.04 Å². The van der Waals surface area contributed by atoms with Crippen molar-refractivity contribution in [2.24, 2.45) is 0 Å². The standard InChI is InChI=1S/C44H84NO10P/c1-3-5-7-9-11-13-15-17-18-19-20-21-22-24-25-27-29-31-33-35-42(47)45-41(44(49)50)39-55-56(51,52)54-38-40(46)37-53-43(48)36-34-32-30-28-26-23-16-14-12-10-8-6-4-2/h17-18,40-41,46H,3-16,19-39H2,1-2H3,(H,45,47)(H,49,50)(H,51,52)/b18-17+. The SMILES string of the molecule is CCCCCCCC/C=C/CCCCCCCCCCCC(=O)NC(COP(=O)(O)OCC(O)COC(=O)CCCCCCCCCCCCCCC)C(=O)O. The molecule has 3 unspecified atom stereocenters. The zero-order chi connectivity index (χ0) is 41.4. The van der Waals surface area contributed by atoms with Crippen molar-refractivity contribution in [3.63, 3.8) is 0 Å². The zero-order valence-corrected chi connectivity index (χ0v) is 36.6. The fourth-order valence-electron chi connectivity index (χ4n) is 6.49. The number of amides is 1. The van der Waals surface area contributed by atoms with Gasteiger partial charge in [0.05, 0.1) is 13.2 Å². The molecule has 0 spiro atoms. The predicted octanol–water partition coefficient (Wildman–Crippen LogP) is 11.7. The van der Waals surface area contributed by atoms with E-state index in [1.54, 1.807) is 0 Å². The molecule has 0 aliphatic heterocycles. The van der Waals surface area contributed by atoms with E-state index in [1.165, 1.54) is 141 Å². The first-order chi connectivity index (χ1) is 27.1. The molecule has 0 aliphatic carbocycles. The van der Waals surface area contributed by atoms with Crippen LogP contribution in [0.2, 0.25) is 0 Å². The number of carboxylic acids is 1. The largest absolute Gasteiger partial charge is 0.480 e. The number of aliphatic hydroxyl groups excluding tert-OH is 1. The molecule has 0 radical (unpaired) electrons. The first-order valence-corrected chi connectivity index (χ1v) is 24.2. The van der Waals surface area contributed by atoms with Crippen LogP contribution in [-0.4, -0.2) is 64.9 Å². The number of rotatable bonds is 43. The third kappa shape index (κ3) is 39.1. The normalized spacial score (nSPS) is 13.8. The van der Waals surface area contributed by atoms with Crippen molar-refractivity contribution in [1.82, 2.24) is 5.32 Å². The minimum Gasteiger partial charge on any atom is -0.480 e. The Labute approximate surface area is 341 Å². The number of aliphatic carboxylic acids is 1. The number of phosphoric ester groups is 1. The van der Waals surface area contributed by atoms with Gasteiger partial charge in [-0.05, 0) is 38.5 Å². The highest BCUT2D eigenvalue weighted by Gasteiger charge is 2.28. The van der Waals surface area contributed by atoms with E-state index in [9.17, 15) is 34.1 Å². The van der Waals surface area contributed by atoms with Crippen LogP contribution in [0.5, 0.6) is 0 Å². The van der Waals surface area contributed by atoms with Gasteiger partial charge in [0.25, 0.3) is 0 Å². The number of unbranched alkanes of at least 4 members (excludes halogenated alkanes) is 27. The van der Waals surface area contributed by atoms with Crippen LogP contribution in [0.4, 0.5) is 0 Å². The summed E-state index contributed by atoms with van der Waals surface area (Å²) in [5.41, 5.74) is 0. The lowest BCUT2D eigenvalue weighted by molar-refractivity contribution is -0.147. The quantitative estimate of drug-likeness (QED) is 0.0201. The third-order valence-corrected chi connectivity index (χ3v) is 11.0. The molecule has 0 bridgehead atoms. The number of phosphoric acid groups is 1. The Morgan fingerprint density at radius 3 is 1.36 bits per heavy atom. The summed E-state index contributed by atoms with van der Waals surface area (Å²) >= 11 is 0. The van der Waals surface area contributed by atoms with Crippen LogP contribution in [0, 0.1) is 0 Å². The maximum absolute atomic E-state index is 12.3. The van der Waals surface area contributed by atoms with Gasteiger partial charge in [0.1, 0.15) is 12.7 Å². The molecular weight excluding hydrogens is 733 g/mol. The molecule has 0 saturated heterocycles. The van der Waals surface area contributed by atoms with Crippen molar-refractivity contribution >= 4 is 25.7 Å². The number of allylic oxidation sites excluding steroid dienone is 2. The Bertz CT molecular complexity index is 1010. The highest BCUT2D eigenvalue weighted by atomic mass is 31.2. The second-order valence-corrected chi connectivity index (χ2v) is 17.0. The van der Waals surface area contributed by atoms with E-state index in [1.807, 2.05) is 0 Å². The molecule has 12 heteroatoms. The predicted molar refractivity (Wildman–Crippen MR) is 226 cm³/mol. The summed E-state index contributed by atoms with van der Waals surface area (Å²) in [6, 6.07) is -1.54. The molecule has 0 aliphatic rings. The number of carboxylic acid groups (broad SMARTS) is 1. The summed E-state index contributed by atoms with van der Waals surface area (Å²) in [5, 5.41) is 21.8. The molecule has 0 rings (SSSR count). The second-order valence-electron chi connectivity index (χ2n) is 15.6. The maximum Gasteiger partial charge on any atom is 0.472 e. The lowest BCUT2D eigenvalue weighted by atomic mass is 10.0. The number of nitrogens with one attached hydrogen (secondary N) is 1. The number of carbonyl (C=O) groups is 3. The van der Waals surface area contributed by atoms with E-state index >= 15 is 0 Å². The van der Waals surface area contributed by atoms with E-state index in [2.05, 4.69) is 31.3 Å². The van der Waals surface area contributed by atoms with Crippen molar-refractivity contribution in [2.75, 3.05) is 19.8 Å². The van der Waals surface area contributed by atoms with Gasteiger partial charge in [-0.2, -0.15) is 0 Å². The van der Waals surface area contributed by atoms with Gasteiger partial charge in [-0.15, -0.1) is 0 Å². The van der Waals surface area contributed by atoms with E-state index in [0.29, 0.717) is 12.8 Å². The first-order valence-electron chi connectivity index (χ1n) is 22.7. The monoisotopic (exact) mass is 818 g/mol. The Kier molecular flexibility index (Phi) is 38.7. The van der Waals surface area contributed by atoms with Gasteiger partial charge in [0, 0.05) is 12.8 Å². The average Bonchev–Trinajstić information content (AvgIpc) is 3.17. The van der Waals surface area contributed by atoms with Gasteiger partial charge < -0.3 is 25.2 Å². The first kappa shape index (κ1) is 54.2. The Hall–Kier alpha value is -1.78. The summed E-state index contributed by atoms with van der Waals surface area (Å²) in [6.45, 7) is 2.61. The van der Waals surface area contributed by atoms with Crippen LogP contribution in [0.25, 0.3) is 0 Å². The number of hydrogen-bond donors (Lipinski definition) is 4. The lowest BCUT2D eigenvalue weighted by Crippen LogP contribution is -2.43. The van der Waals surface area contributed by atoms with Crippen molar-refractivity contribution in [1.29, 1.82) is 0 Å². The third-order valence-electron chi connectivity index (χ3n) is 10.1. The fourth-order valence-corrected chi connectivity index (χ4v) is 7.26. The van der Waals surface area contributed by atoms with Crippen LogP contribution < -0.4 is 5.32 Å². The molecule has 56 heavy (non-hydrogen) atoms. The van der Waals surface area contributed by atoms with Crippen LogP contribution in [0.3, 0.4) is 0 Å². The summed E-state index contributed by atoms with van der Waals surface area (Å²) in [7, 11) is -4.75. The van der Waals surface area contributed by atoms with E-state index in [4.69, 9.17) is 13.8 Å². The number of aliphatic hydroxyl groups is 1. The fraction of sp³-hybridized carbons (Fsp3) is 0.886. The van der Waals surface area contributed by atoms with Crippen molar-refractivity contribution in [3.05, 3.63) is 12.2 Å². The highest BCUT2D eigenvalue weighted by Crippen LogP contribution is 2.43. The molecule has 0 fully saturated rings. The lowest BCUT2D eigenvalue weighted by Gasteiger charge is -2.18. The molecule has 330 valence electrons. The molecular formula is C44H84NO10P. The number of hydrogen-bond acceptors (Lipinski definition) is 8. The topological polar surface area (TPSA) is 169 Å². The molecule has 0 aromatic heterocycles. The minimum atomic E-state index is -4.75. The van der Waals surface area contributed by atoms with Gasteiger partial charge >= 0.3 is 19.8 Å². The summed E-state index contributed by atoms with van der Waals surface area (Å²) in [4.78, 5) is 45.9. The van der Waals surface area contributed by atoms with Gasteiger partial charge in [-0.3, -0.25) is 18.6 Å².